The summed E-state index contributed by atoms with van der Waals surface area (Å²) >= 11 is 3.42. The summed E-state index contributed by atoms with van der Waals surface area (Å²) in [5, 5.41) is 0. The average Bonchev–Trinajstić information content (AvgIpc) is 2.45. The molecule has 106 valence electrons. The summed E-state index contributed by atoms with van der Waals surface area (Å²) < 4.78 is 24.7. The summed E-state index contributed by atoms with van der Waals surface area (Å²) in [4.78, 5) is 3.77. The molecule has 20 heavy (non-hydrogen) atoms. The lowest BCUT2D eigenvalue weighted by atomic mass is 10.2. The van der Waals surface area contributed by atoms with Crippen LogP contribution < -0.4 is 15.2 Å². The number of hydrogen-bond acceptors (Lipinski definition) is 4. The van der Waals surface area contributed by atoms with Gasteiger partial charge in [-0.05, 0) is 39.7 Å². The van der Waals surface area contributed by atoms with Crippen molar-refractivity contribution in [3.8, 4) is 11.5 Å². The summed E-state index contributed by atoms with van der Waals surface area (Å²) in [5.74, 6) is 0.730. The third kappa shape index (κ3) is 3.46. The van der Waals surface area contributed by atoms with E-state index in [9.17, 15) is 4.39 Å². The maximum Gasteiger partial charge on any atom is 0.175 e. The highest BCUT2D eigenvalue weighted by Gasteiger charge is 2.11. The van der Waals surface area contributed by atoms with E-state index in [0.29, 0.717) is 23.6 Å². The topological polar surface area (TPSA) is 57.4 Å². The highest BCUT2D eigenvalue weighted by atomic mass is 79.9. The van der Waals surface area contributed by atoms with Crippen LogP contribution in [-0.4, -0.2) is 12.1 Å². The van der Waals surface area contributed by atoms with Gasteiger partial charge in [0.25, 0.3) is 0 Å². The number of halogens is 2. The highest BCUT2D eigenvalue weighted by Crippen LogP contribution is 2.37. The fraction of sp³-hybridized carbons (Fsp3) is 0.214. The molecule has 0 aliphatic heterocycles. The van der Waals surface area contributed by atoms with Crippen LogP contribution in [0.4, 0.5) is 4.39 Å². The Morgan fingerprint density at radius 2 is 2.05 bits per heavy atom. The van der Waals surface area contributed by atoms with Crippen molar-refractivity contribution in [3.05, 3.63) is 52.0 Å². The second kappa shape index (κ2) is 6.67. The molecular weight excluding hydrogens is 327 g/mol. The van der Waals surface area contributed by atoms with E-state index in [0.717, 1.165) is 16.2 Å². The van der Waals surface area contributed by atoms with E-state index in [2.05, 4.69) is 20.9 Å². The molecule has 2 rings (SSSR count). The SMILES string of the molecule is COc1cc(CN)cc(Br)c1OCc1cncc(F)c1. The van der Waals surface area contributed by atoms with Crippen LogP contribution in [0.15, 0.2) is 35.1 Å². The summed E-state index contributed by atoms with van der Waals surface area (Å²) in [5.41, 5.74) is 7.17. The Morgan fingerprint density at radius 1 is 1.25 bits per heavy atom. The van der Waals surface area contributed by atoms with E-state index < -0.39 is 5.82 Å². The van der Waals surface area contributed by atoms with Gasteiger partial charge < -0.3 is 15.2 Å². The van der Waals surface area contributed by atoms with Gasteiger partial charge in [0.05, 0.1) is 17.8 Å². The van der Waals surface area contributed by atoms with Gasteiger partial charge in [-0.2, -0.15) is 0 Å². The van der Waals surface area contributed by atoms with Crippen molar-refractivity contribution in [2.24, 2.45) is 5.73 Å². The lowest BCUT2D eigenvalue weighted by Gasteiger charge is -2.14. The van der Waals surface area contributed by atoms with Crippen molar-refractivity contribution < 1.29 is 13.9 Å². The number of benzene rings is 1. The van der Waals surface area contributed by atoms with Gasteiger partial charge in [-0.1, -0.05) is 0 Å². The minimum Gasteiger partial charge on any atom is -0.493 e. The Labute approximate surface area is 124 Å². The minimum atomic E-state index is -0.393. The zero-order valence-electron chi connectivity index (χ0n) is 10.9. The van der Waals surface area contributed by atoms with Gasteiger partial charge in [0, 0.05) is 18.3 Å². The largest absolute Gasteiger partial charge is 0.493 e. The first-order valence-electron chi connectivity index (χ1n) is 5.92. The fourth-order valence-electron chi connectivity index (χ4n) is 1.72. The molecule has 0 fully saturated rings. The average molecular weight is 341 g/mol. The van der Waals surface area contributed by atoms with Crippen LogP contribution in [0.1, 0.15) is 11.1 Å². The van der Waals surface area contributed by atoms with Gasteiger partial charge in [-0.15, -0.1) is 0 Å². The lowest BCUT2D eigenvalue weighted by Crippen LogP contribution is -2.02. The van der Waals surface area contributed by atoms with Crippen molar-refractivity contribution in [1.82, 2.24) is 4.98 Å². The molecule has 4 nitrogen and oxygen atoms in total. The first-order chi connectivity index (χ1) is 9.63. The van der Waals surface area contributed by atoms with E-state index in [4.69, 9.17) is 15.2 Å². The Bertz CT molecular complexity index is 608. The van der Waals surface area contributed by atoms with Crippen LogP contribution in [-0.2, 0) is 13.2 Å². The van der Waals surface area contributed by atoms with E-state index in [-0.39, 0.29) is 6.61 Å². The van der Waals surface area contributed by atoms with E-state index in [1.54, 1.807) is 13.3 Å². The van der Waals surface area contributed by atoms with Crippen molar-refractivity contribution >= 4 is 15.9 Å². The van der Waals surface area contributed by atoms with Gasteiger partial charge >= 0.3 is 0 Å². The van der Waals surface area contributed by atoms with Gasteiger partial charge in [0.1, 0.15) is 12.4 Å². The van der Waals surface area contributed by atoms with E-state index in [1.807, 2.05) is 12.1 Å². The maximum absolute atomic E-state index is 13.1. The molecule has 0 amide bonds. The number of rotatable bonds is 5. The number of hydrogen-bond donors (Lipinski definition) is 1. The molecule has 6 heteroatoms. The Morgan fingerprint density at radius 3 is 2.70 bits per heavy atom. The summed E-state index contributed by atoms with van der Waals surface area (Å²) in [7, 11) is 1.55. The molecule has 0 atom stereocenters. The fourth-order valence-corrected chi connectivity index (χ4v) is 2.33. The molecular formula is C14H14BrFN2O2. The molecule has 1 aromatic carbocycles. The normalized spacial score (nSPS) is 10.4. The number of ether oxygens (including phenoxy) is 2. The molecule has 0 unspecified atom stereocenters. The molecule has 0 saturated heterocycles. The van der Waals surface area contributed by atoms with Crippen LogP contribution in [0.2, 0.25) is 0 Å². The molecule has 2 aromatic rings. The quantitative estimate of drug-likeness (QED) is 0.908. The second-order valence-electron chi connectivity index (χ2n) is 4.11. The van der Waals surface area contributed by atoms with Gasteiger partial charge in [0.15, 0.2) is 11.5 Å². The number of nitrogens with zero attached hydrogens (tertiary/aromatic N) is 1. The smallest absolute Gasteiger partial charge is 0.175 e. The summed E-state index contributed by atoms with van der Waals surface area (Å²) in [6.45, 7) is 0.602. The summed E-state index contributed by atoms with van der Waals surface area (Å²) in [6, 6.07) is 5.05. The maximum atomic E-state index is 13.1. The molecule has 0 bridgehead atoms. The van der Waals surface area contributed by atoms with Crippen LogP contribution in [0.5, 0.6) is 11.5 Å². The van der Waals surface area contributed by atoms with Crippen molar-refractivity contribution in [3.63, 3.8) is 0 Å². The molecule has 2 N–H and O–H groups in total. The Balaban J connectivity index is 2.20. The first-order valence-corrected chi connectivity index (χ1v) is 6.72. The predicted octanol–water partition coefficient (Wildman–Crippen LogP) is 3.03. The third-order valence-corrected chi connectivity index (χ3v) is 3.26. The zero-order chi connectivity index (χ0) is 14.5. The van der Waals surface area contributed by atoms with Gasteiger partial charge in [-0.3, -0.25) is 4.98 Å². The Hall–Kier alpha value is -1.66. The van der Waals surface area contributed by atoms with Crippen LogP contribution >= 0.6 is 15.9 Å². The molecule has 0 saturated carbocycles. The van der Waals surface area contributed by atoms with Gasteiger partial charge in [0.2, 0.25) is 0 Å². The standard InChI is InChI=1S/C14H14BrFN2O2/c1-19-13-4-9(5-17)3-12(15)14(13)20-8-10-2-11(16)7-18-6-10/h2-4,6-7H,5,8,17H2,1H3. The monoisotopic (exact) mass is 340 g/mol. The predicted molar refractivity (Wildman–Crippen MR) is 77.1 cm³/mol. The van der Waals surface area contributed by atoms with Crippen LogP contribution in [0, 0.1) is 5.82 Å². The minimum absolute atomic E-state index is 0.196. The number of methoxy groups -OCH3 is 1. The second-order valence-corrected chi connectivity index (χ2v) is 4.97. The molecule has 0 radical (unpaired) electrons. The van der Waals surface area contributed by atoms with Crippen molar-refractivity contribution in [2.45, 2.75) is 13.2 Å². The highest BCUT2D eigenvalue weighted by molar-refractivity contribution is 9.10. The molecule has 1 aromatic heterocycles. The number of aromatic nitrogens is 1. The zero-order valence-corrected chi connectivity index (χ0v) is 12.5. The molecule has 0 aliphatic carbocycles. The molecule has 0 aliphatic rings. The van der Waals surface area contributed by atoms with Gasteiger partial charge in [-0.25, -0.2) is 4.39 Å². The van der Waals surface area contributed by atoms with Crippen molar-refractivity contribution in [2.75, 3.05) is 7.11 Å². The Kier molecular flexibility index (Phi) is 4.92. The van der Waals surface area contributed by atoms with E-state index in [1.165, 1.54) is 6.07 Å². The third-order valence-electron chi connectivity index (χ3n) is 2.67. The summed E-state index contributed by atoms with van der Waals surface area (Å²) in [6.07, 6.45) is 2.70. The van der Waals surface area contributed by atoms with Crippen LogP contribution in [0.25, 0.3) is 0 Å². The molecule has 0 spiro atoms. The number of pyridine rings is 1. The van der Waals surface area contributed by atoms with Crippen molar-refractivity contribution in [1.29, 1.82) is 0 Å². The van der Waals surface area contributed by atoms with Crippen LogP contribution in [0.3, 0.4) is 0 Å². The number of nitrogens with two attached hydrogens (primary N) is 1. The first kappa shape index (κ1) is 14.7. The molecule has 1 heterocycles. The lowest BCUT2D eigenvalue weighted by molar-refractivity contribution is 0.281. The van der Waals surface area contributed by atoms with E-state index >= 15 is 0 Å².